The van der Waals surface area contributed by atoms with Crippen molar-refractivity contribution in [1.29, 1.82) is 0 Å². The van der Waals surface area contributed by atoms with Crippen LogP contribution in [0.3, 0.4) is 0 Å². The van der Waals surface area contributed by atoms with Crippen LogP contribution >= 0.6 is 0 Å². The highest BCUT2D eigenvalue weighted by atomic mass is 19.4. The van der Waals surface area contributed by atoms with Gasteiger partial charge in [-0.15, -0.1) is 0 Å². The topological polar surface area (TPSA) is 53.9 Å². The second-order valence-corrected chi connectivity index (χ2v) is 11.8. The van der Waals surface area contributed by atoms with E-state index in [1.54, 1.807) is 18.2 Å². The van der Waals surface area contributed by atoms with Gasteiger partial charge in [-0.05, 0) is 67.0 Å². The van der Waals surface area contributed by atoms with Gasteiger partial charge >= 0.3 is 6.18 Å². The lowest BCUT2D eigenvalue weighted by atomic mass is 9.83. The molecule has 1 aliphatic heterocycles. The van der Waals surface area contributed by atoms with Gasteiger partial charge in [-0.25, -0.2) is 9.97 Å². The van der Waals surface area contributed by atoms with Gasteiger partial charge in [-0.3, -0.25) is 9.88 Å². The quantitative estimate of drug-likeness (QED) is 0.258. The Hall–Kier alpha value is -3.52. The van der Waals surface area contributed by atoms with Gasteiger partial charge in [0.05, 0.1) is 23.3 Å². The van der Waals surface area contributed by atoms with Gasteiger partial charge < -0.3 is 5.32 Å². The lowest BCUT2D eigenvalue weighted by molar-refractivity contribution is -0.137. The number of pyridine rings is 1. The number of hydrogen-bond acceptors (Lipinski definition) is 5. The molecule has 1 atom stereocenters. The Morgan fingerprint density at radius 2 is 1.82 bits per heavy atom. The number of alkyl halides is 3. The van der Waals surface area contributed by atoms with E-state index in [4.69, 9.17) is 9.97 Å². The van der Waals surface area contributed by atoms with Crippen LogP contribution in [0.15, 0.2) is 66.9 Å². The van der Waals surface area contributed by atoms with Crippen LogP contribution in [0.2, 0.25) is 0 Å². The molecule has 3 heterocycles. The average molecular weight is 548 g/mol. The second kappa shape index (κ2) is 11.5. The van der Waals surface area contributed by atoms with Crippen molar-refractivity contribution in [3.8, 4) is 11.3 Å². The van der Waals surface area contributed by atoms with E-state index in [0.717, 1.165) is 37.4 Å². The molecule has 5 nitrogen and oxygen atoms in total. The number of anilines is 1. The van der Waals surface area contributed by atoms with Gasteiger partial charge in [-0.1, -0.05) is 57.2 Å². The van der Waals surface area contributed by atoms with Crippen LogP contribution in [0.5, 0.6) is 0 Å². The van der Waals surface area contributed by atoms with Crippen molar-refractivity contribution in [1.82, 2.24) is 19.9 Å². The molecule has 0 saturated carbocycles. The fourth-order valence-electron chi connectivity index (χ4n) is 5.90. The summed E-state index contributed by atoms with van der Waals surface area (Å²) in [5, 5.41) is 4.25. The van der Waals surface area contributed by atoms with Crippen molar-refractivity contribution in [3.05, 3.63) is 83.8 Å². The summed E-state index contributed by atoms with van der Waals surface area (Å²) in [5.41, 5.74) is 1.52. The van der Waals surface area contributed by atoms with E-state index in [2.05, 4.69) is 48.1 Å². The highest BCUT2D eigenvalue weighted by Crippen LogP contribution is 2.37. The Bertz CT molecular complexity index is 1450. The molecule has 1 fully saturated rings. The molecule has 2 aromatic heterocycles. The molecule has 8 heteroatoms. The van der Waals surface area contributed by atoms with E-state index < -0.39 is 11.7 Å². The Labute approximate surface area is 233 Å². The predicted molar refractivity (Wildman–Crippen MR) is 154 cm³/mol. The molecule has 1 N–H and O–H groups in total. The molecule has 0 bridgehead atoms. The third-order valence-corrected chi connectivity index (χ3v) is 7.53. The molecule has 4 aromatic rings. The van der Waals surface area contributed by atoms with Gasteiger partial charge in [0.25, 0.3) is 0 Å². The summed E-state index contributed by atoms with van der Waals surface area (Å²) in [5.74, 6) is 2.01. The molecule has 1 unspecified atom stereocenters. The summed E-state index contributed by atoms with van der Waals surface area (Å²) in [6.07, 6.45) is -0.0114. The highest BCUT2D eigenvalue weighted by Gasteiger charge is 2.34. The fourth-order valence-corrected chi connectivity index (χ4v) is 5.90. The number of hydrogen-bond donors (Lipinski definition) is 1. The summed E-state index contributed by atoms with van der Waals surface area (Å²) >= 11 is 0. The molecular formula is C32H36F3N5. The number of halogens is 3. The van der Waals surface area contributed by atoms with Crippen LogP contribution in [0.1, 0.15) is 50.6 Å². The summed E-state index contributed by atoms with van der Waals surface area (Å²) in [7, 11) is 0. The fraction of sp³-hybridized carbons (Fsp3) is 0.406. The van der Waals surface area contributed by atoms with Gasteiger partial charge in [0.1, 0.15) is 11.6 Å². The highest BCUT2D eigenvalue weighted by molar-refractivity contribution is 5.92. The lowest BCUT2D eigenvalue weighted by Crippen LogP contribution is -2.33. The van der Waals surface area contributed by atoms with Crippen molar-refractivity contribution in [2.24, 2.45) is 11.3 Å². The molecule has 40 heavy (non-hydrogen) atoms. The van der Waals surface area contributed by atoms with Crippen LogP contribution in [-0.2, 0) is 19.1 Å². The standard InChI is InChI=1S/C32H36F3N5/c1-22-14-17-40(21-31(2,3)19-22)20-28-38-27-18-24(29-26(32(33,34)35)10-7-15-36-29)11-12-25(27)30(39-28)37-16-13-23-8-5-4-6-9-23/h4-12,15,18,22H,13-14,16-17,19-21H2,1-3H3,(H,37,38,39). The van der Waals surface area contributed by atoms with Crippen molar-refractivity contribution >= 4 is 16.7 Å². The number of benzene rings is 2. The number of nitrogens with one attached hydrogen (secondary N) is 1. The van der Waals surface area contributed by atoms with E-state index >= 15 is 0 Å². The normalized spacial score (nSPS) is 18.0. The number of rotatable bonds is 7. The summed E-state index contributed by atoms with van der Waals surface area (Å²) < 4.78 is 41.3. The summed E-state index contributed by atoms with van der Waals surface area (Å²) in [6.45, 7) is 10.1. The minimum Gasteiger partial charge on any atom is -0.369 e. The molecule has 0 aliphatic carbocycles. The van der Waals surface area contributed by atoms with E-state index in [9.17, 15) is 13.2 Å². The Balaban J connectivity index is 1.50. The van der Waals surface area contributed by atoms with Crippen LogP contribution in [-0.4, -0.2) is 39.5 Å². The number of nitrogens with zero attached hydrogens (tertiary/aromatic N) is 4. The zero-order valence-electron chi connectivity index (χ0n) is 23.3. The first kappa shape index (κ1) is 28.0. The van der Waals surface area contributed by atoms with Gasteiger partial charge in [-0.2, -0.15) is 13.2 Å². The first-order valence-electron chi connectivity index (χ1n) is 13.9. The van der Waals surface area contributed by atoms with E-state index in [0.29, 0.717) is 41.7 Å². The van der Waals surface area contributed by atoms with Crippen LogP contribution in [0.4, 0.5) is 19.0 Å². The Kier molecular flexibility index (Phi) is 8.08. The van der Waals surface area contributed by atoms with Gasteiger partial charge in [0, 0.05) is 30.2 Å². The largest absolute Gasteiger partial charge is 0.418 e. The third kappa shape index (κ3) is 6.78. The van der Waals surface area contributed by atoms with E-state index in [1.165, 1.54) is 24.2 Å². The van der Waals surface area contributed by atoms with Crippen LogP contribution < -0.4 is 5.32 Å². The minimum absolute atomic E-state index is 0.0982. The third-order valence-electron chi connectivity index (χ3n) is 7.53. The van der Waals surface area contributed by atoms with Crippen LogP contribution in [0.25, 0.3) is 22.2 Å². The molecule has 1 aliphatic rings. The molecule has 1 saturated heterocycles. The predicted octanol–water partition coefficient (Wildman–Crippen LogP) is 7.62. The molecule has 0 radical (unpaired) electrons. The van der Waals surface area contributed by atoms with Crippen molar-refractivity contribution < 1.29 is 13.2 Å². The number of aromatic nitrogens is 3. The van der Waals surface area contributed by atoms with Gasteiger partial charge in [0.15, 0.2) is 0 Å². The van der Waals surface area contributed by atoms with Crippen LogP contribution in [0, 0.1) is 11.3 Å². The average Bonchev–Trinajstić information content (AvgIpc) is 3.04. The summed E-state index contributed by atoms with van der Waals surface area (Å²) in [4.78, 5) is 16.3. The van der Waals surface area contributed by atoms with Crippen molar-refractivity contribution in [2.75, 3.05) is 25.0 Å². The minimum atomic E-state index is -4.50. The lowest BCUT2D eigenvalue weighted by Gasteiger charge is -2.29. The first-order valence-corrected chi connectivity index (χ1v) is 13.9. The first-order chi connectivity index (χ1) is 19.1. The molecule has 0 amide bonds. The zero-order chi connectivity index (χ0) is 28.3. The molecule has 5 rings (SSSR count). The second-order valence-electron chi connectivity index (χ2n) is 11.8. The Morgan fingerprint density at radius 3 is 2.60 bits per heavy atom. The van der Waals surface area contributed by atoms with Crippen molar-refractivity contribution in [2.45, 2.75) is 52.8 Å². The maximum atomic E-state index is 13.8. The van der Waals surface area contributed by atoms with E-state index in [-0.39, 0.29) is 11.1 Å². The molecular weight excluding hydrogens is 511 g/mol. The molecule has 2 aromatic carbocycles. The smallest absolute Gasteiger partial charge is 0.369 e. The molecule has 210 valence electrons. The summed E-state index contributed by atoms with van der Waals surface area (Å²) in [6, 6.07) is 17.8. The van der Waals surface area contributed by atoms with Gasteiger partial charge in [0.2, 0.25) is 0 Å². The maximum Gasteiger partial charge on any atom is 0.418 e. The Morgan fingerprint density at radius 1 is 1.02 bits per heavy atom. The van der Waals surface area contributed by atoms with Crippen molar-refractivity contribution in [3.63, 3.8) is 0 Å². The monoisotopic (exact) mass is 547 g/mol. The SMILES string of the molecule is CC1CCN(Cc2nc(NCCc3ccccc3)c3ccc(-c4ncccc4C(F)(F)F)cc3n2)CC(C)(C)C1. The van der Waals surface area contributed by atoms with E-state index in [1.807, 2.05) is 18.2 Å². The number of fused-ring (bicyclic) bond motifs is 1. The molecule has 0 spiro atoms. The zero-order valence-corrected chi connectivity index (χ0v) is 23.3. The number of likely N-dealkylation sites (tertiary alicyclic amines) is 1. The maximum absolute atomic E-state index is 13.8.